The van der Waals surface area contributed by atoms with E-state index in [0.29, 0.717) is 23.8 Å². The maximum absolute atomic E-state index is 12.5. The van der Waals surface area contributed by atoms with Crippen molar-refractivity contribution in [1.82, 2.24) is 9.21 Å². The maximum Gasteiger partial charge on any atom is 0.338 e. The lowest BCUT2D eigenvalue weighted by atomic mass is 10.2. The summed E-state index contributed by atoms with van der Waals surface area (Å²) in [5.74, 6) is -1.84. The van der Waals surface area contributed by atoms with Crippen molar-refractivity contribution in [3.8, 4) is 0 Å². The summed E-state index contributed by atoms with van der Waals surface area (Å²) in [5.41, 5.74) is 0.517. The predicted molar refractivity (Wildman–Crippen MR) is 125 cm³/mol. The molecule has 0 heterocycles. The first-order chi connectivity index (χ1) is 15.6. The molecule has 0 saturated carbocycles. The summed E-state index contributed by atoms with van der Waals surface area (Å²) in [6, 6.07) is 12.0. The monoisotopic (exact) mass is 495 g/mol. The van der Waals surface area contributed by atoms with E-state index in [1.807, 2.05) is 0 Å². The molecule has 0 radical (unpaired) electrons. The zero-order chi connectivity index (χ0) is 24.6. The number of amides is 2. The molecule has 1 N–H and O–H groups in total. The summed E-state index contributed by atoms with van der Waals surface area (Å²) in [6.07, 6.45) is 0. The van der Waals surface area contributed by atoms with E-state index < -0.39 is 34.4 Å². The molecule has 0 aliphatic carbocycles. The molecule has 0 aliphatic heterocycles. The van der Waals surface area contributed by atoms with Crippen LogP contribution in [-0.2, 0) is 24.3 Å². The quantitative estimate of drug-likeness (QED) is 0.507. The Morgan fingerprint density at radius 1 is 1.00 bits per heavy atom. The molecule has 0 fully saturated rings. The molecule has 0 bridgehead atoms. The van der Waals surface area contributed by atoms with Gasteiger partial charge in [0, 0.05) is 20.1 Å². The summed E-state index contributed by atoms with van der Waals surface area (Å²) >= 11 is 5.99. The Kier molecular flexibility index (Phi) is 9.39. The lowest BCUT2D eigenvalue weighted by Gasteiger charge is -2.18. The number of carbonyl (C=O) groups is 3. The third-order valence-corrected chi connectivity index (χ3v) is 7.11. The van der Waals surface area contributed by atoms with E-state index >= 15 is 0 Å². The number of hydrogen-bond donors (Lipinski definition) is 1. The van der Waals surface area contributed by atoms with Crippen LogP contribution in [0.5, 0.6) is 0 Å². The molecule has 0 aliphatic rings. The number of para-hydroxylation sites is 1. The van der Waals surface area contributed by atoms with Crippen molar-refractivity contribution >= 4 is 45.1 Å². The Morgan fingerprint density at radius 2 is 1.61 bits per heavy atom. The van der Waals surface area contributed by atoms with Gasteiger partial charge in [0.1, 0.15) is 0 Å². The summed E-state index contributed by atoms with van der Waals surface area (Å²) < 4.78 is 31.3. The topological polar surface area (TPSA) is 113 Å². The molecule has 0 aromatic heterocycles. The first-order valence-electron chi connectivity index (χ1n) is 10.2. The van der Waals surface area contributed by atoms with Crippen molar-refractivity contribution in [2.75, 3.05) is 38.6 Å². The number of sulfonamides is 1. The van der Waals surface area contributed by atoms with Crippen molar-refractivity contribution < 1.29 is 27.5 Å². The van der Waals surface area contributed by atoms with Gasteiger partial charge >= 0.3 is 5.97 Å². The third-order valence-electron chi connectivity index (χ3n) is 4.71. The standard InChI is InChI=1S/C22H26ClN3O6S/c1-4-26(5-2)33(30,31)17-12-10-16(11-13-17)22(29)32-15-21(28)25(3)14-20(27)24-19-9-7-6-8-18(19)23/h6-13H,4-5,14-15H2,1-3H3,(H,24,27). The second-order valence-corrected chi connectivity index (χ2v) is 9.31. The van der Waals surface area contributed by atoms with Crippen molar-refractivity contribution in [2.24, 2.45) is 0 Å². The minimum Gasteiger partial charge on any atom is -0.452 e. The second-order valence-electron chi connectivity index (χ2n) is 6.97. The minimum atomic E-state index is -3.64. The number of nitrogens with zero attached hydrogens (tertiary/aromatic N) is 2. The average Bonchev–Trinajstić information content (AvgIpc) is 2.79. The summed E-state index contributed by atoms with van der Waals surface area (Å²) in [7, 11) is -2.25. The predicted octanol–water partition coefficient (Wildman–Crippen LogP) is 2.62. The van der Waals surface area contributed by atoms with Crippen LogP contribution >= 0.6 is 11.6 Å². The van der Waals surface area contributed by atoms with Crippen LogP contribution in [0.4, 0.5) is 5.69 Å². The highest BCUT2D eigenvalue weighted by molar-refractivity contribution is 7.89. The molecule has 0 unspecified atom stereocenters. The Bertz CT molecular complexity index is 1100. The average molecular weight is 496 g/mol. The fraction of sp³-hybridized carbons (Fsp3) is 0.318. The molecule has 0 spiro atoms. The van der Waals surface area contributed by atoms with E-state index in [0.717, 1.165) is 4.90 Å². The van der Waals surface area contributed by atoms with Crippen LogP contribution in [0.25, 0.3) is 0 Å². The molecular formula is C22H26ClN3O6S. The molecule has 11 heteroatoms. The Balaban J connectivity index is 1.90. The number of nitrogens with one attached hydrogen (secondary N) is 1. The minimum absolute atomic E-state index is 0.0584. The van der Waals surface area contributed by atoms with E-state index in [2.05, 4.69) is 5.32 Å². The van der Waals surface area contributed by atoms with Gasteiger partial charge in [0.25, 0.3) is 5.91 Å². The van der Waals surface area contributed by atoms with Crippen LogP contribution in [0.1, 0.15) is 24.2 Å². The highest BCUT2D eigenvalue weighted by atomic mass is 35.5. The third kappa shape index (κ3) is 7.01. The molecule has 2 amide bonds. The van der Waals surface area contributed by atoms with E-state index in [1.165, 1.54) is 35.6 Å². The number of carbonyl (C=O) groups excluding carboxylic acids is 3. The molecule has 9 nitrogen and oxygen atoms in total. The summed E-state index contributed by atoms with van der Waals surface area (Å²) in [5, 5.41) is 2.96. The molecule has 2 aromatic carbocycles. The maximum atomic E-state index is 12.5. The van der Waals surface area contributed by atoms with Gasteiger partial charge in [-0.2, -0.15) is 4.31 Å². The van der Waals surface area contributed by atoms with Gasteiger partial charge in [0.05, 0.1) is 27.7 Å². The molecule has 0 saturated heterocycles. The zero-order valence-corrected chi connectivity index (χ0v) is 20.1. The van der Waals surface area contributed by atoms with Crippen LogP contribution in [0.2, 0.25) is 5.02 Å². The summed E-state index contributed by atoms with van der Waals surface area (Å²) in [4.78, 5) is 37.7. The number of halogens is 1. The number of benzene rings is 2. The van der Waals surface area contributed by atoms with Gasteiger partial charge in [-0.1, -0.05) is 37.6 Å². The van der Waals surface area contributed by atoms with E-state index in [-0.39, 0.29) is 17.0 Å². The second kappa shape index (κ2) is 11.8. The van der Waals surface area contributed by atoms with Crippen LogP contribution in [0.15, 0.2) is 53.4 Å². The van der Waals surface area contributed by atoms with Gasteiger partial charge in [-0.05, 0) is 36.4 Å². The lowest BCUT2D eigenvalue weighted by Crippen LogP contribution is -2.37. The Hall–Kier alpha value is -2.95. The number of likely N-dealkylation sites (N-methyl/N-ethyl adjacent to an activating group) is 1. The SMILES string of the molecule is CCN(CC)S(=O)(=O)c1ccc(C(=O)OCC(=O)N(C)CC(=O)Nc2ccccc2Cl)cc1. The van der Waals surface area contributed by atoms with Gasteiger partial charge in [0.2, 0.25) is 15.9 Å². The van der Waals surface area contributed by atoms with Gasteiger partial charge in [-0.25, -0.2) is 13.2 Å². The number of hydrogen-bond acceptors (Lipinski definition) is 6. The fourth-order valence-electron chi connectivity index (χ4n) is 2.85. The van der Waals surface area contributed by atoms with Crippen LogP contribution < -0.4 is 5.32 Å². The number of esters is 1. The van der Waals surface area contributed by atoms with E-state index in [4.69, 9.17) is 16.3 Å². The zero-order valence-electron chi connectivity index (χ0n) is 18.6. The highest BCUT2D eigenvalue weighted by Gasteiger charge is 2.22. The first kappa shape index (κ1) is 26.3. The molecular weight excluding hydrogens is 470 g/mol. The fourth-order valence-corrected chi connectivity index (χ4v) is 4.49. The lowest BCUT2D eigenvalue weighted by molar-refractivity contribution is -0.136. The first-order valence-corrected chi connectivity index (χ1v) is 12.0. The highest BCUT2D eigenvalue weighted by Crippen LogP contribution is 2.20. The van der Waals surface area contributed by atoms with Gasteiger partial charge < -0.3 is 15.0 Å². The van der Waals surface area contributed by atoms with Gasteiger partial charge in [-0.15, -0.1) is 0 Å². The van der Waals surface area contributed by atoms with Gasteiger partial charge in [-0.3, -0.25) is 9.59 Å². The Morgan fingerprint density at radius 3 is 2.18 bits per heavy atom. The van der Waals surface area contributed by atoms with Crippen LogP contribution in [0.3, 0.4) is 0 Å². The van der Waals surface area contributed by atoms with Crippen LogP contribution in [0, 0.1) is 0 Å². The number of rotatable bonds is 10. The number of ether oxygens (including phenoxy) is 1. The normalized spacial score (nSPS) is 11.2. The Labute approximate surface area is 198 Å². The van der Waals surface area contributed by atoms with Crippen LogP contribution in [-0.4, -0.2) is 68.7 Å². The molecule has 0 atom stereocenters. The summed E-state index contributed by atoms with van der Waals surface area (Å²) in [6.45, 7) is 3.29. The van der Waals surface area contributed by atoms with Crippen molar-refractivity contribution in [2.45, 2.75) is 18.7 Å². The molecule has 33 heavy (non-hydrogen) atoms. The number of anilines is 1. The van der Waals surface area contributed by atoms with Gasteiger partial charge in [0.15, 0.2) is 6.61 Å². The van der Waals surface area contributed by atoms with Crippen molar-refractivity contribution in [3.05, 3.63) is 59.1 Å². The molecule has 178 valence electrons. The van der Waals surface area contributed by atoms with Crippen molar-refractivity contribution in [3.63, 3.8) is 0 Å². The van der Waals surface area contributed by atoms with E-state index in [1.54, 1.807) is 38.1 Å². The molecule has 2 aromatic rings. The smallest absolute Gasteiger partial charge is 0.338 e. The molecule has 2 rings (SSSR count). The largest absolute Gasteiger partial charge is 0.452 e. The van der Waals surface area contributed by atoms with E-state index in [9.17, 15) is 22.8 Å². The van der Waals surface area contributed by atoms with Crippen molar-refractivity contribution in [1.29, 1.82) is 0 Å².